The quantitative estimate of drug-likeness (QED) is 0.329. The van der Waals surface area contributed by atoms with E-state index in [1.165, 1.54) is 34.1 Å². The van der Waals surface area contributed by atoms with Gasteiger partial charge in [-0.25, -0.2) is 0 Å². The molecule has 0 N–H and O–H groups in total. The molecule has 0 saturated heterocycles. The summed E-state index contributed by atoms with van der Waals surface area (Å²) in [6, 6.07) is 22.1. The van der Waals surface area contributed by atoms with Gasteiger partial charge in [-0.2, -0.15) is 0 Å². The number of rotatable bonds is 6. The first-order valence-corrected chi connectivity index (χ1v) is 14.5. The maximum absolute atomic E-state index is 13.8. The Morgan fingerprint density at radius 1 is 0.500 bits per heavy atom. The molecule has 0 amide bonds. The van der Waals surface area contributed by atoms with Gasteiger partial charge in [-0.1, -0.05) is 34.8 Å². The summed E-state index contributed by atoms with van der Waals surface area (Å²) < 4.78 is 11.0. The minimum absolute atomic E-state index is 0.653. The maximum Gasteiger partial charge on any atom is 0.257 e. The molecule has 0 fully saturated rings. The molecule has 0 aromatic heterocycles. The van der Waals surface area contributed by atoms with Crippen LogP contribution < -0.4 is 0 Å². The molecule has 3 aromatic rings. The van der Waals surface area contributed by atoms with Gasteiger partial charge in [-0.05, 0) is 107 Å². The van der Waals surface area contributed by atoms with Crippen molar-refractivity contribution in [3.05, 3.63) is 87.9 Å². The summed E-state index contributed by atoms with van der Waals surface area (Å²) >= 11 is 21.9. The summed E-state index contributed by atoms with van der Waals surface area (Å²) in [6.45, 7) is 0. The van der Waals surface area contributed by atoms with Gasteiger partial charge in [0.25, 0.3) is 4.75 Å². The molecule has 8 heteroatoms. The van der Waals surface area contributed by atoms with Gasteiger partial charge in [-0.15, -0.1) is 0 Å². The minimum atomic E-state index is -2.81. The van der Waals surface area contributed by atoms with Crippen LogP contribution in [0.1, 0.15) is 0 Å². The molecule has 0 atom stereocenters. The van der Waals surface area contributed by atoms with Crippen LogP contribution in [0.4, 0.5) is 0 Å². The van der Waals surface area contributed by atoms with Crippen molar-refractivity contribution >= 4 is 73.7 Å². The second-order valence-corrected chi connectivity index (χ2v) is 17.6. The first-order chi connectivity index (χ1) is 12.4. The molecule has 0 aliphatic rings. The van der Waals surface area contributed by atoms with E-state index < -0.39 is 4.75 Å². The van der Waals surface area contributed by atoms with Gasteiger partial charge in [-0.3, -0.25) is 4.57 Å². The fourth-order valence-corrected chi connectivity index (χ4v) is 13.4. The van der Waals surface area contributed by atoms with Crippen LogP contribution in [-0.2, 0) is 4.57 Å². The monoisotopic (exact) mass is 476 g/mol. The van der Waals surface area contributed by atoms with E-state index in [9.17, 15) is 4.57 Å². The zero-order valence-electron chi connectivity index (χ0n) is 13.1. The van der Waals surface area contributed by atoms with Crippen LogP contribution in [-0.4, -0.2) is 0 Å². The van der Waals surface area contributed by atoms with Crippen molar-refractivity contribution in [2.24, 2.45) is 0 Å². The Morgan fingerprint density at radius 2 is 0.731 bits per heavy atom. The van der Waals surface area contributed by atoms with Crippen LogP contribution in [0.2, 0.25) is 15.1 Å². The molecule has 3 aromatic carbocycles. The normalized spacial score (nSPS) is 11.5. The molecule has 3 rings (SSSR count). The molecule has 0 saturated carbocycles. The van der Waals surface area contributed by atoms with Crippen molar-refractivity contribution in [3.63, 3.8) is 0 Å². The molecule has 0 heterocycles. The number of hydrogen-bond donors (Lipinski definition) is 0. The highest BCUT2D eigenvalue weighted by atomic mass is 35.5. The van der Waals surface area contributed by atoms with E-state index in [4.69, 9.17) is 34.8 Å². The maximum atomic E-state index is 13.8. The Morgan fingerprint density at radius 3 is 0.962 bits per heavy atom. The Hall–Kier alpha value is -0.190. The van der Waals surface area contributed by atoms with Crippen molar-refractivity contribution in [2.75, 3.05) is 0 Å². The van der Waals surface area contributed by atoms with Crippen molar-refractivity contribution in [1.82, 2.24) is 0 Å². The van der Waals surface area contributed by atoms with Gasteiger partial charge < -0.3 is 0 Å². The zero-order chi connectivity index (χ0) is 18.6. The average Bonchev–Trinajstić information content (AvgIpc) is 2.61. The van der Waals surface area contributed by atoms with Gasteiger partial charge >= 0.3 is 0 Å². The highest BCUT2D eigenvalue weighted by molar-refractivity contribution is 9.14. The second-order valence-electron chi connectivity index (χ2n) is 5.08. The second kappa shape index (κ2) is 9.34. The lowest BCUT2D eigenvalue weighted by Gasteiger charge is -2.16. The van der Waals surface area contributed by atoms with Gasteiger partial charge in [0.2, 0.25) is 0 Å². The standard InChI is InChI=1S/C18H12Cl3OPS3/c19-13-1-7-16(8-2-13)24-23(22,25-17-9-3-14(20)4-10-17)26-18-11-5-15(21)6-12-18/h1-12H. The summed E-state index contributed by atoms with van der Waals surface area (Å²) in [7, 11) is 0. The SMILES string of the molecule is O=P(Sc1ccc(Cl)cc1)(Sc1ccc(Cl)cc1)Sc1ccc(Cl)cc1. The number of benzene rings is 3. The largest absolute Gasteiger partial charge is 0.287 e. The minimum Gasteiger partial charge on any atom is -0.287 e. The van der Waals surface area contributed by atoms with Gasteiger partial charge in [0.05, 0.1) is 0 Å². The third kappa shape index (κ3) is 6.17. The van der Waals surface area contributed by atoms with E-state index in [0.29, 0.717) is 15.1 Å². The van der Waals surface area contributed by atoms with Crippen LogP contribution in [0.5, 0.6) is 0 Å². The third-order valence-electron chi connectivity index (χ3n) is 3.09. The summed E-state index contributed by atoms with van der Waals surface area (Å²) in [5, 5.41) is 1.96. The summed E-state index contributed by atoms with van der Waals surface area (Å²) in [5.74, 6) is 0. The molecular formula is C18H12Cl3OPS3. The lowest BCUT2D eigenvalue weighted by molar-refractivity contribution is 0.601. The van der Waals surface area contributed by atoms with Gasteiger partial charge in [0.15, 0.2) is 0 Å². The Balaban J connectivity index is 1.88. The number of hydrogen-bond acceptors (Lipinski definition) is 4. The lowest BCUT2D eigenvalue weighted by atomic mass is 10.4. The van der Waals surface area contributed by atoms with E-state index in [2.05, 4.69) is 0 Å². The average molecular weight is 478 g/mol. The topological polar surface area (TPSA) is 17.1 Å². The zero-order valence-corrected chi connectivity index (χ0v) is 18.8. The fraction of sp³-hybridized carbons (Fsp3) is 0. The predicted octanol–water partition coefficient (Wildman–Crippen LogP) is 9.43. The van der Waals surface area contributed by atoms with Crippen LogP contribution >= 0.6 is 73.7 Å². The highest BCUT2D eigenvalue weighted by Crippen LogP contribution is 2.82. The predicted molar refractivity (Wildman–Crippen MR) is 120 cm³/mol. The lowest BCUT2D eigenvalue weighted by Crippen LogP contribution is -1.75. The molecule has 0 bridgehead atoms. The first kappa shape index (κ1) is 20.5. The molecule has 0 radical (unpaired) electrons. The summed E-state index contributed by atoms with van der Waals surface area (Å²) in [6.07, 6.45) is 0. The van der Waals surface area contributed by atoms with Gasteiger partial charge in [0.1, 0.15) is 0 Å². The Bertz CT molecular complexity index is 793. The Kier molecular flexibility index (Phi) is 7.38. The molecule has 0 unspecified atom stereocenters. The molecule has 26 heavy (non-hydrogen) atoms. The molecule has 0 aliphatic carbocycles. The molecular weight excluding hydrogens is 466 g/mol. The molecule has 1 nitrogen and oxygen atoms in total. The fourth-order valence-electron chi connectivity index (χ4n) is 1.93. The van der Waals surface area contributed by atoms with E-state index in [1.807, 2.05) is 36.4 Å². The van der Waals surface area contributed by atoms with E-state index in [-0.39, 0.29) is 0 Å². The first-order valence-electron chi connectivity index (χ1n) is 7.37. The number of halogens is 3. The summed E-state index contributed by atoms with van der Waals surface area (Å²) in [5.41, 5.74) is 0. The smallest absolute Gasteiger partial charge is 0.257 e. The van der Waals surface area contributed by atoms with E-state index >= 15 is 0 Å². The van der Waals surface area contributed by atoms with Crippen molar-refractivity contribution in [1.29, 1.82) is 0 Å². The van der Waals surface area contributed by atoms with Gasteiger partial charge in [0, 0.05) is 29.8 Å². The van der Waals surface area contributed by atoms with E-state index in [1.54, 1.807) is 36.4 Å². The van der Waals surface area contributed by atoms with Crippen molar-refractivity contribution < 1.29 is 4.57 Å². The Labute approximate surface area is 179 Å². The third-order valence-corrected chi connectivity index (χ3v) is 13.9. The highest BCUT2D eigenvalue weighted by Gasteiger charge is 2.28. The van der Waals surface area contributed by atoms with Crippen LogP contribution in [0, 0.1) is 0 Å². The molecule has 134 valence electrons. The van der Waals surface area contributed by atoms with Crippen molar-refractivity contribution in [2.45, 2.75) is 14.7 Å². The summed E-state index contributed by atoms with van der Waals surface area (Å²) in [4.78, 5) is 2.71. The van der Waals surface area contributed by atoms with E-state index in [0.717, 1.165) is 14.7 Å². The molecule has 0 spiro atoms. The molecule has 0 aliphatic heterocycles. The van der Waals surface area contributed by atoms with Crippen LogP contribution in [0.25, 0.3) is 0 Å². The van der Waals surface area contributed by atoms with Crippen LogP contribution in [0.15, 0.2) is 87.5 Å². The van der Waals surface area contributed by atoms with Crippen LogP contribution in [0.3, 0.4) is 0 Å². The van der Waals surface area contributed by atoms with Crippen molar-refractivity contribution in [3.8, 4) is 0 Å².